The molecule has 9 nitrogen and oxygen atoms in total. The monoisotopic (exact) mass is 592 g/mol. The van der Waals surface area contributed by atoms with Crippen LogP contribution >= 0.6 is 0 Å². The zero-order valence-corrected chi connectivity index (χ0v) is 24.9. The highest BCUT2D eigenvalue weighted by molar-refractivity contribution is 5.84. The maximum atomic E-state index is 12.7. The van der Waals surface area contributed by atoms with Crippen LogP contribution in [0.15, 0.2) is 85.1 Å². The van der Waals surface area contributed by atoms with Crippen molar-refractivity contribution in [3.8, 4) is 28.3 Å². The van der Waals surface area contributed by atoms with Crippen LogP contribution < -0.4 is 5.73 Å². The van der Waals surface area contributed by atoms with Crippen LogP contribution in [0.1, 0.15) is 42.3 Å². The number of likely N-dealkylation sites (tertiary alicyclic amines) is 1. The lowest BCUT2D eigenvalue weighted by atomic mass is 10.0. The highest BCUT2D eigenvalue weighted by Crippen LogP contribution is 2.32. The van der Waals surface area contributed by atoms with Crippen molar-refractivity contribution in [2.24, 2.45) is 0 Å². The number of fused-ring (bicyclic) bond motifs is 1. The number of hydrogen-bond donors (Lipinski definition) is 1. The van der Waals surface area contributed by atoms with Gasteiger partial charge in [-0.05, 0) is 61.2 Å². The summed E-state index contributed by atoms with van der Waals surface area (Å²) in [6, 6.07) is 25.6. The Balaban J connectivity index is 1.22. The van der Waals surface area contributed by atoms with E-state index in [1.54, 1.807) is 6.20 Å². The van der Waals surface area contributed by atoms with Crippen molar-refractivity contribution in [3.05, 3.63) is 90.6 Å². The summed E-state index contributed by atoms with van der Waals surface area (Å²) >= 11 is 0. The predicted molar refractivity (Wildman–Crippen MR) is 174 cm³/mol. The molecule has 3 aromatic heterocycles. The molecule has 1 aliphatic rings. The number of benzene rings is 2. The number of carbonyl (C=O) groups is 1. The minimum Gasteiger partial charge on any atom is -0.449 e. The molecule has 44 heavy (non-hydrogen) atoms. The summed E-state index contributed by atoms with van der Waals surface area (Å²) in [6.07, 6.45) is 3.61. The van der Waals surface area contributed by atoms with Gasteiger partial charge in [-0.2, -0.15) is 0 Å². The van der Waals surface area contributed by atoms with Gasteiger partial charge in [0.05, 0.1) is 17.9 Å². The first-order chi connectivity index (χ1) is 22.7. The molecule has 2 N–H and O–H groups in total. The molecule has 1 aliphatic heterocycles. The SMILES string of the molecule is [2H]C([2H])([2H])N(C(=O)OCCCC)C1CCN(Cc2ccc(-n3c(-c4cccnc4N)nc4ccc(-c5ccccc5)nc43)cc2)CC1. The van der Waals surface area contributed by atoms with Crippen molar-refractivity contribution < 1.29 is 13.6 Å². The number of piperidine rings is 1. The van der Waals surface area contributed by atoms with Gasteiger partial charge in [-0.1, -0.05) is 55.8 Å². The number of hydrogen-bond acceptors (Lipinski definition) is 7. The number of unbranched alkanes of at least 4 members (excludes halogenated alkanes) is 1. The van der Waals surface area contributed by atoms with Crippen molar-refractivity contribution in [2.45, 2.75) is 45.2 Å². The molecule has 6 rings (SSSR count). The van der Waals surface area contributed by atoms with E-state index in [-0.39, 0.29) is 6.61 Å². The Hall–Kier alpha value is -4.76. The zero-order valence-electron chi connectivity index (χ0n) is 27.9. The highest BCUT2D eigenvalue weighted by atomic mass is 16.6. The first-order valence-electron chi connectivity index (χ1n) is 16.7. The Kier molecular flexibility index (Phi) is 7.75. The van der Waals surface area contributed by atoms with Crippen LogP contribution in [0.3, 0.4) is 0 Å². The Morgan fingerprint density at radius 3 is 2.55 bits per heavy atom. The molecule has 226 valence electrons. The summed E-state index contributed by atoms with van der Waals surface area (Å²) in [5.74, 6) is 1.05. The second-order valence-corrected chi connectivity index (χ2v) is 11.1. The van der Waals surface area contributed by atoms with Gasteiger partial charge in [0.1, 0.15) is 11.3 Å². The molecule has 2 aromatic carbocycles. The number of carbonyl (C=O) groups excluding carboxylic acids is 1. The van der Waals surface area contributed by atoms with E-state index in [0.717, 1.165) is 44.9 Å². The van der Waals surface area contributed by atoms with E-state index >= 15 is 0 Å². The first kappa shape index (κ1) is 25.7. The topological polar surface area (TPSA) is 102 Å². The van der Waals surface area contributed by atoms with Gasteiger partial charge in [0.15, 0.2) is 11.5 Å². The van der Waals surface area contributed by atoms with E-state index in [4.69, 9.17) is 24.6 Å². The minimum absolute atomic E-state index is 0.229. The van der Waals surface area contributed by atoms with Crippen molar-refractivity contribution in [1.82, 2.24) is 29.3 Å². The summed E-state index contributed by atoms with van der Waals surface area (Å²) < 4.78 is 31.2. The molecule has 1 amide bonds. The standard InChI is InChI=1S/C35H39N7O2/c1-3-4-23-44-35(43)40(2)27-18-21-41(22-19-27)24-25-12-14-28(15-13-25)42-33(29-11-8-20-37-32(29)36)39-31-17-16-30(38-34(31)42)26-9-6-5-7-10-26/h5-17,20,27H,3-4,18-19,21-24H2,1-2H3,(H2,36,37)/i2D3. The largest absolute Gasteiger partial charge is 0.449 e. The van der Waals surface area contributed by atoms with Crippen molar-refractivity contribution >= 4 is 23.1 Å². The number of imidazole rings is 1. The fraction of sp³-hybridized carbons (Fsp3) is 0.314. The molecular weight excluding hydrogens is 550 g/mol. The van der Waals surface area contributed by atoms with E-state index in [2.05, 4.69) is 34.1 Å². The Labute approximate surface area is 262 Å². The van der Waals surface area contributed by atoms with Gasteiger partial charge < -0.3 is 15.4 Å². The minimum atomic E-state index is -2.54. The van der Waals surface area contributed by atoms with Gasteiger partial charge in [0.2, 0.25) is 0 Å². The van der Waals surface area contributed by atoms with Crippen LogP contribution in [-0.2, 0) is 11.3 Å². The fourth-order valence-corrected chi connectivity index (χ4v) is 5.63. The van der Waals surface area contributed by atoms with E-state index in [1.165, 1.54) is 0 Å². The van der Waals surface area contributed by atoms with E-state index < -0.39 is 19.1 Å². The molecule has 0 radical (unpaired) electrons. The van der Waals surface area contributed by atoms with Crippen LogP contribution in [0.25, 0.3) is 39.5 Å². The lowest BCUT2D eigenvalue weighted by Gasteiger charge is -2.36. The van der Waals surface area contributed by atoms with Crippen LogP contribution in [0.5, 0.6) is 0 Å². The van der Waals surface area contributed by atoms with Gasteiger partial charge >= 0.3 is 6.09 Å². The molecule has 5 aromatic rings. The van der Waals surface area contributed by atoms with Crippen molar-refractivity contribution in [1.29, 1.82) is 0 Å². The van der Waals surface area contributed by atoms with Gasteiger partial charge in [-0.15, -0.1) is 0 Å². The number of anilines is 1. The number of aromatic nitrogens is 4. The fourth-order valence-electron chi connectivity index (χ4n) is 5.63. The summed E-state index contributed by atoms with van der Waals surface area (Å²) in [6.45, 7) is 1.72. The maximum Gasteiger partial charge on any atom is 0.409 e. The zero-order chi connectivity index (χ0) is 33.0. The number of nitrogens with two attached hydrogens (primary N) is 1. The summed E-state index contributed by atoms with van der Waals surface area (Å²) in [4.78, 5) is 30.2. The Bertz CT molecular complexity index is 1820. The molecule has 0 bridgehead atoms. The Morgan fingerprint density at radius 2 is 1.82 bits per heavy atom. The molecule has 0 saturated carbocycles. The second kappa shape index (κ2) is 13.3. The lowest BCUT2D eigenvalue weighted by Crippen LogP contribution is -2.45. The molecular formula is C35H39N7O2. The molecule has 0 aliphatic carbocycles. The first-order valence-corrected chi connectivity index (χ1v) is 15.2. The van der Waals surface area contributed by atoms with Gasteiger partial charge in [-0.25, -0.2) is 19.7 Å². The lowest BCUT2D eigenvalue weighted by molar-refractivity contribution is 0.0749. The number of nitrogen functional groups attached to an aromatic ring is 1. The average Bonchev–Trinajstić information content (AvgIpc) is 3.45. The summed E-state index contributed by atoms with van der Waals surface area (Å²) in [7, 11) is 0. The highest BCUT2D eigenvalue weighted by Gasteiger charge is 2.26. The third-order valence-electron chi connectivity index (χ3n) is 8.10. The van der Waals surface area contributed by atoms with Crippen LogP contribution in [0, 0.1) is 0 Å². The summed E-state index contributed by atoms with van der Waals surface area (Å²) in [5, 5.41) is 0. The number of ether oxygens (including phenoxy) is 1. The Morgan fingerprint density at radius 1 is 1.02 bits per heavy atom. The number of pyridine rings is 2. The maximum absolute atomic E-state index is 12.7. The van der Waals surface area contributed by atoms with E-state index in [9.17, 15) is 4.79 Å². The second-order valence-electron chi connectivity index (χ2n) is 11.1. The van der Waals surface area contributed by atoms with Crippen LogP contribution in [0.4, 0.5) is 10.6 Å². The summed E-state index contributed by atoms with van der Waals surface area (Å²) in [5.41, 5.74) is 12.4. The third-order valence-corrected chi connectivity index (χ3v) is 8.10. The molecule has 9 heteroatoms. The van der Waals surface area contributed by atoms with Gasteiger partial charge in [0, 0.05) is 54.2 Å². The normalized spacial score (nSPS) is 15.4. The number of amides is 1. The molecule has 0 spiro atoms. The molecule has 1 fully saturated rings. The molecule has 0 unspecified atom stereocenters. The van der Waals surface area contributed by atoms with Crippen molar-refractivity contribution in [3.63, 3.8) is 0 Å². The smallest absolute Gasteiger partial charge is 0.409 e. The van der Waals surface area contributed by atoms with E-state index in [0.29, 0.717) is 56.2 Å². The molecule has 1 saturated heterocycles. The van der Waals surface area contributed by atoms with Gasteiger partial charge in [0.25, 0.3) is 0 Å². The predicted octanol–water partition coefficient (Wildman–Crippen LogP) is 6.56. The average molecular weight is 593 g/mol. The third kappa shape index (κ3) is 6.28. The number of rotatable bonds is 9. The van der Waals surface area contributed by atoms with Crippen molar-refractivity contribution in [2.75, 3.05) is 32.4 Å². The van der Waals surface area contributed by atoms with Crippen LogP contribution in [0.2, 0.25) is 0 Å². The van der Waals surface area contributed by atoms with Crippen LogP contribution in [-0.4, -0.2) is 68.1 Å². The quantitative estimate of drug-likeness (QED) is 0.193. The van der Waals surface area contributed by atoms with Gasteiger partial charge in [-0.3, -0.25) is 9.47 Å². The van der Waals surface area contributed by atoms with E-state index in [1.807, 2.05) is 66.1 Å². The molecule has 4 heterocycles. The molecule has 0 atom stereocenters. The number of nitrogens with zero attached hydrogens (tertiary/aromatic N) is 6.